The Balaban J connectivity index is -0.000000101. The van der Waals surface area contributed by atoms with E-state index < -0.39 is 12.0 Å². The zero-order valence-corrected chi connectivity index (χ0v) is 11.6. The topological polar surface area (TPSA) is 128 Å². The van der Waals surface area contributed by atoms with Gasteiger partial charge in [0.15, 0.2) is 5.96 Å². The van der Waals surface area contributed by atoms with Crippen LogP contribution < -0.4 is 17.2 Å². The minimum atomic E-state index is -1.00. The van der Waals surface area contributed by atoms with Crippen molar-refractivity contribution >= 4 is 61.6 Å². The molecule has 0 bridgehead atoms. The summed E-state index contributed by atoms with van der Waals surface area (Å²) >= 11 is 0. The number of hydrogen-bond donors (Lipinski definition) is 4. The molecule has 0 rings (SSSR count). The van der Waals surface area contributed by atoms with Crippen molar-refractivity contribution in [1.82, 2.24) is 0 Å². The molecule has 0 aliphatic rings. The number of carbonyl (C=O) groups is 1. The molecule has 0 fully saturated rings. The monoisotopic (exact) mass is 318 g/mol. The molecule has 10 heteroatoms. The van der Waals surface area contributed by atoms with E-state index in [2.05, 4.69) is 4.99 Å². The first kappa shape index (κ1) is 29.7. The second-order valence-corrected chi connectivity index (χ2v) is 2.39. The van der Waals surface area contributed by atoms with Gasteiger partial charge in [-0.2, -0.15) is 0 Å². The van der Waals surface area contributed by atoms with Crippen LogP contribution in [0, 0.1) is 0 Å². The molecule has 0 aromatic heterocycles. The van der Waals surface area contributed by atoms with E-state index in [1.165, 1.54) is 0 Å². The molecule has 0 radical (unpaired) electrons. The molecule has 0 aliphatic heterocycles. The minimum absolute atomic E-state index is 0. The summed E-state index contributed by atoms with van der Waals surface area (Å²) in [5.74, 6) is -0.987. The maximum atomic E-state index is 10.2. The van der Waals surface area contributed by atoms with Crippen molar-refractivity contribution in [3.8, 4) is 0 Å². The molecule has 0 aliphatic carbocycles. The molecule has 0 heterocycles. The standard InChI is InChI=1S/C6H14N4O2.4ClH/c7-4(5(11)12)2-1-3-10-6(8)9;;;;/h4H,1-3,7H2,(H,11,12)(H4,8,9,10);4*1H/t4-;;;;/m0..../s1. The zero-order chi connectivity index (χ0) is 9.56. The van der Waals surface area contributed by atoms with Crippen LogP contribution in [0.3, 0.4) is 0 Å². The highest BCUT2D eigenvalue weighted by Crippen LogP contribution is 1.94. The Kier molecular flexibility index (Phi) is 32.0. The summed E-state index contributed by atoms with van der Waals surface area (Å²) in [6.07, 6.45) is 0.956. The van der Waals surface area contributed by atoms with Crippen molar-refractivity contribution in [3.63, 3.8) is 0 Å². The summed E-state index contributed by atoms with van der Waals surface area (Å²) < 4.78 is 0. The van der Waals surface area contributed by atoms with Crippen LogP contribution in [0.25, 0.3) is 0 Å². The summed E-state index contributed by atoms with van der Waals surface area (Å²) in [7, 11) is 0. The molecular weight excluding hydrogens is 302 g/mol. The van der Waals surface area contributed by atoms with Crippen molar-refractivity contribution < 1.29 is 9.90 Å². The van der Waals surface area contributed by atoms with Crippen molar-refractivity contribution in [2.24, 2.45) is 22.2 Å². The van der Waals surface area contributed by atoms with Gasteiger partial charge in [0.05, 0.1) is 0 Å². The van der Waals surface area contributed by atoms with Gasteiger partial charge in [0.25, 0.3) is 0 Å². The lowest BCUT2D eigenvalue weighted by atomic mass is 10.2. The molecule has 0 saturated heterocycles. The first-order valence-corrected chi connectivity index (χ1v) is 3.58. The van der Waals surface area contributed by atoms with Gasteiger partial charge < -0.3 is 22.3 Å². The maximum absolute atomic E-state index is 10.2. The lowest BCUT2D eigenvalue weighted by Gasteiger charge is -2.03. The first-order chi connectivity index (χ1) is 5.54. The third kappa shape index (κ3) is 19.4. The fourth-order valence-electron chi connectivity index (χ4n) is 0.643. The first-order valence-electron chi connectivity index (χ1n) is 3.58. The van der Waals surface area contributed by atoms with E-state index in [9.17, 15) is 4.79 Å². The number of halogens is 4. The zero-order valence-electron chi connectivity index (χ0n) is 8.37. The Morgan fingerprint density at radius 2 is 1.62 bits per heavy atom. The quantitative estimate of drug-likeness (QED) is 0.325. The van der Waals surface area contributed by atoms with Crippen LogP contribution in [0.4, 0.5) is 0 Å². The summed E-state index contributed by atoms with van der Waals surface area (Å²) in [6, 6.07) is -0.820. The molecule has 0 spiro atoms. The van der Waals surface area contributed by atoms with E-state index in [0.717, 1.165) is 0 Å². The van der Waals surface area contributed by atoms with Crippen LogP contribution in [-0.4, -0.2) is 29.6 Å². The molecule has 0 aromatic rings. The van der Waals surface area contributed by atoms with Gasteiger partial charge in [0.1, 0.15) is 6.04 Å². The predicted molar refractivity (Wildman–Crippen MR) is 74.5 cm³/mol. The van der Waals surface area contributed by atoms with Gasteiger partial charge in [0, 0.05) is 6.54 Å². The summed E-state index contributed by atoms with van der Waals surface area (Å²) in [6.45, 7) is 0.420. The largest absolute Gasteiger partial charge is 0.480 e. The average Bonchev–Trinajstić information content (AvgIpc) is 1.97. The van der Waals surface area contributed by atoms with Gasteiger partial charge in [-0.1, -0.05) is 0 Å². The van der Waals surface area contributed by atoms with Crippen LogP contribution in [0.2, 0.25) is 0 Å². The van der Waals surface area contributed by atoms with E-state index in [0.29, 0.717) is 19.4 Å². The highest BCUT2D eigenvalue weighted by molar-refractivity contribution is 5.86. The third-order valence-corrected chi connectivity index (χ3v) is 1.28. The molecule has 6 nitrogen and oxygen atoms in total. The van der Waals surface area contributed by atoms with Crippen LogP contribution in [-0.2, 0) is 4.79 Å². The molecule has 102 valence electrons. The third-order valence-electron chi connectivity index (χ3n) is 1.28. The molecule has 1 atom stereocenters. The number of aliphatic imine (C=N–C) groups is 1. The lowest BCUT2D eigenvalue weighted by molar-refractivity contribution is -0.138. The number of nitrogens with two attached hydrogens (primary N) is 3. The lowest BCUT2D eigenvalue weighted by Crippen LogP contribution is -2.30. The van der Waals surface area contributed by atoms with Crippen LogP contribution in [0.15, 0.2) is 4.99 Å². The Bertz CT molecular complexity index is 189. The Morgan fingerprint density at radius 3 is 1.94 bits per heavy atom. The van der Waals surface area contributed by atoms with Gasteiger partial charge >= 0.3 is 5.97 Å². The molecule has 16 heavy (non-hydrogen) atoms. The van der Waals surface area contributed by atoms with Crippen LogP contribution >= 0.6 is 49.6 Å². The fourth-order valence-corrected chi connectivity index (χ4v) is 0.643. The van der Waals surface area contributed by atoms with E-state index in [-0.39, 0.29) is 55.6 Å². The van der Waals surface area contributed by atoms with Crippen molar-refractivity contribution in [2.75, 3.05) is 6.54 Å². The van der Waals surface area contributed by atoms with E-state index in [1.54, 1.807) is 0 Å². The number of carboxylic acids is 1. The van der Waals surface area contributed by atoms with Crippen molar-refractivity contribution in [3.05, 3.63) is 0 Å². The van der Waals surface area contributed by atoms with Gasteiger partial charge in [-0.15, -0.1) is 49.6 Å². The molecule has 7 N–H and O–H groups in total. The minimum Gasteiger partial charge on any atom is -0.480 e. The summed E-state index contributed by atoms with van der Waals surface area (Å²) in [5, 5.41) is 8.38. The second kappa shape index (κ2) is 17.3. The number of aliphatic carboxylic acids is 1. The maximum Gasteiger partial charge on any atom is 0.320 e. The predicted octanol–water partition coefficient (Wildman–Crippen LogP) is 0.139. The Morgan fingerprint density at radius 1 is 1.19 bits per heavy atom. The molecule has 0 amide bonds. The molecule has 0 saturated carbocycles. The SMILES string of the molecule is Cl.Cl.Cl.Cl.NC(N)=NCCC[C@H](N)C(=O)O. The van der Waals surface area contributed by atoms with Gasteiger partial charge in [-0.3, -0.25) is 9.79 Å². The normalized spacial score (nSPS) is 9.06. The van der Waals surface area contributed by atoms with Gasteiger partial charge in [-0.25, -0.2) is 0 Å². The van der Waals surface area contributed by atoms with Crippen molar-refractivity contribution in [1.29, 1.82) is 0 Å². The van der Waals surface area contributed by atoms with E-state index >= 15 is 0 Å². The van der Waals surface area contributed by atoms with E-state index in [1.807, 2.05) is 0 Å². The fraction of sp³-hybridized carbons (Fsp3) is 0.667. The van der Waals surface area contributed by atoms with Gasteiger partial charge in [0.2, 0.25) is 0 Å². The number of rotatable bonds is 5. The summed E-state index contributed by atoms with van der Waals surface area (Å²) in [4.78, 5) is 13.9. The van der Waals surface area contributed by atoms with Crippen LogP contribution in [0.5, 0.6) is 0 Å². The Hall–Kier alpha value is -0.140. The molecule has 0 unspecified atom stereocenters. The van der Waals surface area contributed by atoms with E-state index in [4.69, 9.17) is 22.3 Å². The highest BCUT2D eigenvalue weighted by atomic mass is 35.5. The smallest absolute Gasteiger partial charge is 0.320 e. The average molecular weight is 320 g/mol. The number of guanidine groups is 1. The summed E-state index contributed by atoms with van der Waals surface area (Å²) in [5.41, 5.74) is 15.3. The Labute approximate surface area is 119 Å². The highest BCUT2D eigenvalue weighted by Gasteiger charge is 2.09. The number of hydrogen-bond acceptors (Lipinski definition) is 3. The van der Waals surface area contributed by atoms with Crippen LogP contribution in [0.1, 0.15) is 12.8 Å². The second-order valence-electron chi connectivity index (χ2n) is 2.39. The number of nitrogens with zero attached hydrogens (tertiary/aromatic N) is 1. The molecular formula is C6H18Cl4N4O2. The molecule has 0 aromatic carbocycles. The van der Waals surface area contributed by atoms with Gasteiger partial charge in [-0.05, 0) is 12.8 Å². The number of carboxylic acid groups (broad SMARTS) is 1. The van der Waals surface area contributed by atoms with Crippen molar-refractivity contribution in [2.45, 2.75) is 18.9 Å².